The molecular weight excluding hydrogens is 297 g/mol. The minimum absolute atomic E-state index is 0.169. The number of likely N-dealkylation sites (N-methyl/N-ethyl adjacent to an activating group) is 1. The number of nitrogens with one attached hydrogen (secondary N) is 1. The SMILES string of the molecule is C/C=C(\C=C/CCN(CC)CCNCCO)C(OC)C(N)CF. The second kappa shape index (κ2) is 14.8. The summed E-state index contributed by atoms with van der Waals surface area (Å²) in [5, 5.41) is 11.9. The summed E-state index contributed by atoms with van der Waals surface area (Å²) in [5.74, 6) is 0. The van der Waals surface area contributed by atoms with Crippen molar-refractivity contribution in [2.45, 2.75) is 32.4 Å². The van der Waals surface area contributed by atoms with E-state index in [4.69, 9.17) is 15.6 Å². The van der Waals surface area contributed by atoms with Crippen molar-refractivity contribution in [2.24, 2.45) is 5.73 Å². The van der Waals surface area contributed by atoms with Gasteiger partial charge in [-0.05, 0) is 25.5 Å². The van der Waals surface area contributed by atoms with Gasteiger partial charge in [-0.25, -0.2) is 4.39 Å². The Bertz CT molecular complexity index is 338. The Labute approximate surface area is 140 Å². The third-order valence-electron chi connectivity index (χ3n) is 3.75. The van der Waals surface area contributed by atoms with E-state index in [0.29, 0.717) is 6.54 Å². The number of alkyl halides is 1. The maximum absolute atomic E-state index is 12.7. The van der Waals surface area contributed by atoms with Crippen LogP contribution in [0.2, 0.25) is 0 Å². The van der Waals surface area contributed by atoms with Crippen LogP contribution >= 0.6 is 0 Å². The molecule has 2 atom stereocenters. The van der Waals surface area contributed by atoms with E-state index in [9.17, 15) is 4.39 Å². The summed E-state index contributed by atoms with van der Waals surface area (Å²) in [6, 6.07) is -0.638. The summed E-state index contributed by atoms with van der Waals surface area (Å²) in [4.78, 5) is 2.34. The lowest BCUT2D eigenvalue weighted by atomic mass is 10.0. The number of ether oxygens (including phenoxy) is 1. The molecule has 2 unspecified atom stereocenters. The zero-order chi connectivity index (χ0) is 17.5. The first-order valence-corrected chi connectivity index (χ1v) is 8.35. The number of nitrogens with zero attached hydrogens (tertiary/aromatic N) is 1. The van der Waals surface area contributed by atoms with E-state index in [1.165, 1.54) is 0 Å². The van der Waals surface area contributed by atoms with Crippen LogP contribution in [0.15, 0.2) is 23.8 Å². The number of hydrogen-bond donors (Lipinski definition) is 3. The molecule has 0 aliphatic heterocycles. The maximum Gasteiger partial charge on any atom is 0.107 e. The second-order valence-electron chi connectivity index (χ2n) is 5.36. The largest absolute Gasteiger partial charge is 0.395 e. The van der Waals surface area contributed by atoms with Crippen molar-refractivity contribution in [2.75, 3.05) is 53.1 Å². The van der Waals surface area contributed by atoms with E-state index in [1.807, 2.05) is 19.1 Å². The van der Waals surface area contributed by atoms with Crippen molar-refractivity contribution in [3.63, 3.8) is 0 Å². The Kier molecular flexibility index (Phi) is 14.3. The molecular formula is C17H34FN3O2. The molecule has 0 aliphatic carbocycles. The lowest BCUT2D eigenvalue weighted by Crippen LogP contribution is -2.39. The van der Waals surface area contributed by atoms with E-state index >= 15 is 0 Å². The van der Waals surface area contributed by atoms with Crippen LogP contribution in [0, 0.1) is 0 Å². The molecule has 0 radical (unpaired) electrons. The number of rotatable bonds is 14. The van der Waals surface area contributed by atoms with Crippen LogP contribution in [-0.2, 0) is 4.74 Å². The van der Waals surface area contributed by atoms with Crippen LogP contribution in [-0.4, -0.2) is 75.3 Å². The molecule has 0 aromatic heterocycles. The molecule has 4 N–H and O–H groups in total. The zero-order valence-corrected chi connectivity index (χ0v) is 14.8. The second-order valence-corrected chi connectivity index (χ2v) is 5.36. The van der Waals surface area contributed by atoms with E-state index in [2.05, 4.69) is 23.2 Å². The predicted octanol–water partition coefficient (Wildman–Crippen LogP) is 1.09. The van der Waals surface area contributed by atoms with Gasteiger partial charge in [-0.3, -0.25) is 0 Å². The molecule has 0 saturated heterocycles. The molecule has 0 saturated carbocycles. The number of aliphatic hydroxyl groups is 1. The van der Waals surface area contributed by atoms with Crippen LogP contribution in [0.25, 0.3) is 0 Å². The number of methoxy groups -OCH3 is 1. The van der Waals surface area contributed by atoms with Gasteiger partial charge in [0.25, 0.3) is 0 Å². The Morgan fingerprint density at radius 3 is 2.65 bits per heavy atom. The molecule has 0 aliphatic rings. The molecule has 0 amide bonds. The van der Waals surface area contributed by atoms with Crippen LogP contribution in [0.4, 0.5) is 4.39 Å². The van der Waals surface area contributed by atoms with Crippen molar-refractivity contribution < 1.29 is 14.2 Å². The minimum Gasteiger partial charge on any atom is -0.395 e. The Morgan fingerprint density at radius 2 is 2.13 bits per heavy atom. The molecule has 5 nitrogen and oxygen atoms in total. The molecule has 0 aromatic rings. The van der Waals surface area contributed by atoms with Crippen molar-refractivity contribution in [1.29, 1.82) is 0 Å². The molecule has 0 rings (SSSR count). The highest BCUT2D eigenvalue weighted by atomic mass is 19.1. The zero-order valence-electron chi connectivity index (χ0n) is 14.8. The standard InChI is InChI=1S/C17H34FN3O2/c1-4-15(17(23-3)16(19)14-18)8-6-7-11-21(5-2)12-9-20-10-13-22/h4,6,8,16-17,20,22H,5,7,9-14,19H2,1-3H3/b8-6-,15-4+. The highest BCUT2D eigenvalue weighted by Crippen LogP contribution is 2.12. The number of hydrogen-bond acceptors (Lipinski definition) is 5. The first-order chi connectivity index (χ1) is 11.1. The number of allylic oxidation sites excluding steroid dienone is 1. The highest BCUT2D eigenvalue weighted by molar-refractivity contribution is 5.24. The van der Waals surface area contributed by atoms with Crippen LogP contribution in [0.5, 0.6) is 0 Å². The van der Waals surface area contributed by atoms with Crippen molar-refractivity contribution in [3.8, 4) is 0 Å². The Balaban J connectivity index is 4.26. The van der Waals surface area contributed by atoms with Crippen LogP contribution in [0.1, 0.15) is 20.3 Å². The fraction of sp³-hybridized carbons (Fsp3) is 0.765. The molecule has 23 heavy (non-hydrogen) atoms. The van der Waals surface area contributed by atoms with Gasteiger partial charge in [-0.1, -0.05) is 25.2 Å². The predicted molar refractivity (Wildman–Crippen MR) is 94.3 cm³/mol. The molecule has 0 bridgehead atoms. The highest BCUT2D eigenvalue weighted by Gasteiger charge is 2.19. The normalized spacial score (nSPS) is 15.5. The fourth-order valence-electron chi connectivity index (χ4n) is 2.34. The summed E-state index contributed by atoms with van der Waals surface area (Å²) < 4.78 is 18.1. The summed E-state index contributed by atoms with van der Waals surface area (Å²) in [7, 11) is 1.55. The summed E-state index contributed by atoms with van der Waals surface area (Å²) in [5.41, 5.74) is 6.66. The summed E-state index contributed by atoms with van der Waals surface area (Å²) >= 11 is 0. The van der Waals surface area contributed by atoms with E-state index in [0.717, 1.165) is 38.2 Å². The molecule has 0 fully saturated rings. The van der Waals surface area contributed by atoms with Gasteiger partial charge in [0.1, 0.15) is 6.67 Å². The molecule has 0 heterocycles. The molecule has 0 aromatic carbocycles. The number of nitrogens with two attached hydrogens (primary N) is 1. The molecule has 136 valence electrons. The van der Waals surface area contributed by atoms with Gasteiger partial charge < -0.3 is 25.8 Å². The van der Waals surface area contributed by atoms with Gasteiger partial charge >= 0.3 is 0 Å². The third-order valence-corrected chi connectivity index (χ3v) is 3.75. The molecule has 0 spiro atoms. The number of aliphatic hydroxyl groups excluding tert-OH is 1. The lowest BCUT2D eigenvalue weighted by molar-refractivity contribution is 0.102. The van der Waals surface area contributed by atoms with Crippen LogP contribution in [0.3, 0.4) is 0 Å². The minimum atomic E-state index is -0.638. The third kappa shape index (κ3) is 9.84. The van der Waals surface area contributed by atoms with Crippen molar-refractivity contribution in [3.05, 3.63) is 23.8 Å². The van der Waals surface area contributed by atoms with Crippen LogP contribution < -0.4 is 11.1 Å². The maximum atomic E-state index is 12.7. The summed E-state index contributed by atoms with van der Waals surface area (Å²) in [6.45, 7) is 8.00. The topological polar surface area (TPSA) is 70.8 Å². The lowest BCUT2D eigenvalue weighted by Gasteiger charge is -2.22. The van der Waals surface area contributed by atoms with E-state index in [1.54, 1.807) is 7.11 Å². The summed E-state index contributed by atoms with van der Waals surface area (Å²) in [6.07, 6.45) is 6.46. The van der Waals surface area contributed by atoms with Gasteiger partial charge in [0.2, 0.25) is 0 Å². The van der Waals surface area contributed by atoms with Crippen molar-refractivity contribution >= 4 is 0 Å². The monoisotopic (exact) mass is 331 g/mol. The average molecular weight is 331 g/mol. The van der Waals surface area contributed by atoms with Gasteiger partial charge in [0, 0.05) is 33.3 Å². The van der Waals surface area contributed by atoms with Gasteiger partial charge in [-0.2, -0.15) is 0 Å². The first-order valence-electron chi connectivity index (χ1n) is 8.35. The van der Waals surface area contributed by atoms with Gasteiger partial charge in [0.15, 0.2) is 0 Å². The molecule has 6 heteroatoms. The Hall–Kier alpha value is -0.790. The average Bonchev–Trinajstić information content (AvgIpc) is 2.58. The van der Waals surface area contributed by atoms with E-state index in [-0.39, 0.29) is 6.61 Å². The van der Waals surface area contributed by atoms with Gasteiger partial charge in [0.05, 0.1) is 18.8 Å². The van der Waals surface area contributed by atoms with Crippen molar-refractivity contribution in [1.82, 2.24) is 10.2 Å². The Morgan fingerprint density at radius 1 is 1.39 bits per heavy atom. The smallest absolute Gasteiger partial charge is 0.107 e. The fourth-order valence-corrected chi connectivity index (χ4v) is 2.34. The quantitative estimate of drug-likeness (QED) is 0.328. The van der Waals surface area contributed by atoms with Gasteiger partial charge in [-0.15, -0.1) is 0 Å². The number of halogens is 1. The van der Waals surface area contributed by atoms with E-state index < -0.39 is 18.8 Å². The first kappa shape index (κ1) is 22.2.